The summed E-state index contributed by atoms with van der Waals surface area (Å²) in [5.74, 6) is 5.16. The SMILES string of the molecule is Cc1cccc2c1OP(Oc1cccc(OP3Oc4c(C)cccc4Cc4cccc(C)c4O3)c1-c1c(OP3Oc4c(C)cccc4Cc4cccc(C)c4O3)cccc1Op1oc3c(C)cccc3c3cccc(C)c3o1)Oc1c(C)cccc1C2. The summed E-state index contributed by atoms with van der Waals surface area (Å²) in [5.41, 5.74) is 15.4. The molecule has 10 aromatic carbocycles. The van der Waals surface area contributed by atoms with Gasteiger partial charge in [-0.1, -0.05) is 158 Å². The fraction of sp³-hybridized carbons (Fsp3) is 0.155. The van der Waals surface area contributed by atoms with E-state index < -0.39 is 34.0 Å². The lowest BCUT2D eigenvalue weighted by molar-refractivity contribution is 0.371. The Morgan fingerprint density at radius 3 is 0.770 bits per heavy atom. The van der Waals surface area contributed by atoms with Crippen molar-refractivity contribution in [2.45, 2.75) is 74.7 Å². The number of rotatable bonds is 9. The topological polar surface area (TPSA) is 119 Å². The Hall–Kier alpha value is -8.61. The highest BCUT2D eigenvalue weighted by Gasteiger charge is 2.37. The standard InChI is InChI=1S/C71H60O12P4/c1-42-19-9-27-50-39-51-28-10-20-43(2)65(51)77-84(76-64(42)50)72-58-35-17-36-59(73-85-78-66-44(3)21-11-29-52(66)40-53-30-12-22-45(4)67(53)79-85)62(58)63-60(74-86-80-68-46(5)23-13-31-54(68)41-55-32-14-24-47(6)69(55)81-86)37-18-38-61(63)75-87-82-70-48(7)25-15-33-56(70)57-34-16-26-49(8)71(57)83-87/h9-38H,39-41H2,1-8H3. The summed E-state index contributed by atoms with van der Waals surface area (Å²) in [6.45, 7) is 16.2. The maximum Gasteiger partial charge on any atom is 0.530 e. The van der Waals surface area contributed by atoms with Gasteiger partial charge in [-0.2, -0.15) is 0 Å². The van der Waals surface area contributed by atoms with E-state index in [1.54, 1.807) is 0 Å². The van der Waals surface area contributed by atoms with Crippen molar-refractivity contribution < 1.29 is 53.6 Å². The minimum absolute atomic E-state index is 0.284. The van der Waals surface area contributed by atoms with E-state index in [0.29, 0.717) is 76.1 Å². The van der Waals surface area contributed by atoms with Crippen LogP contribution in [-0.2, 0) is 19.3 Å². The molecule has 12 nitrogen and oxygen atoms in total. The lowest BCUT2D eigenvalue weighted by atomic mass is 9.99. The Labute approximate surface area is 510 Å². The Kier molecular flexibility index (Phi) is 15.2. The van der Waals surface area contributed by atoms with Gasteiger partial charge in [0.25, 0.3) is 0 Å². The lowest BCUT2D eigenvalue weighted by Crippen LogP contribution is -2.12. The molecule has 0 unspecified atom stereocenters. The predicted octanol–water partition coefficient (Wildman–Crippen LogP) is 21.3. The van der Waals surface area contributed by atoms with Gasteiger partial charge in [0.2, 0.25) is 0 Å². The van der Waals surface area contributed by atoms with Gasteiger partial charge in [-0.15, -0.1) is 0 Å². The molecule has 0 radical (unpaired) electrons. The maximum atomic E-state index is 7.36. The molecule has 3 aliphatic rings. The zero-order valence-electron chi connectivity index (χ0n) is 49.1. The summed E-state index contributed by atoms with van der Waals surface area (Å²) in [6, 6.07) is 60.3. The van der Waals surface area contributed by atoms with Crippen molar-refractivity contribution in [3.63, 3.8) is 0 Å². The number of para-hydroxylation sites is 8. The third-order valence-electron chi connectivity index (χ3n) is 15.9. The van der Waals surface area contributed by atoms with E-state index in [2.05, 4.69) is 36.4 Å². The van der Waals surface area contributed by atoms with Crippen molar-refractivity contribution in [1.29, 1.82) is 0 Å². The summed E-state index contributed by atoms with van der Waals surface area (Å²) >= 11 is 0. The predicted molar refractivity (Wildman–Crippen MR) is 346 cm³/mol. The third-order valence-corrected chi connectivity index (χ3v) is 19.9. The van der Waals surface area contributed by atoms with Crippen molar-refractivity contribution in [3.8, 4) is 68.6 Å². The molecule has 436 valence electrons. The average molecular weight is 1230 g/mol. The van der Waals surface area contributed by atoms with Crippen molar-refractivity contribution in [1.82, 2.24) is 0 Å². The number of aryl methyl sites for hydroxylation is 8. The van der Waals surface area contributed by atoms with Crippen molar-refractivity contribution in [2.24, 2.45) is 0 Å². The average Bonchev–Trinajstić information content (AvgIpc) is 2.34. The molecule has 11 aromatic rings. The van der Waals surface area contributed by atoms with Crippen LogP contribution in [0, 0.1) is 55.4 Å². The molecular formula is C71H60O12P4. The van der Waals surface area contributed by atoms with Gasteiger partial charge < -0.3 is 53.6 Å². The summed E-state index contributed by atoms with van der Waals surface area (Å²) in [7, 11) is -9.18. The van der Waals surface area contributed by atoms with Crippen LogP contribution in [0.4, 0.5) is 0 Å². The minimum Gasteiger partial charge on any atom is -0.408 e. The molecular weight excluding hydrogens is 1170 g/mol. The first-order valence-corrected chi connectivity index (χ1v) is 33.1. The van der Waals surface area contributed by atoms with Gasteiger partial charge in [-0.25, -0.2) is 0 Å². The highest BCUT2D eigenvalue weighted by Crippen LogP contribution is 2.60. The molecule has 0 saturated heterocycles. The summed E-state index contributed by atoms with van der Waals surface area (Å²) < 4.78 is 85.5. The van der Waals surface area contributed by atoms with E-state index in [9.17, 15) is 0 Å². The Morgan fingerprint density at radius 1 is 0.264 bits per heavy atom. The number of benzene rings is 10. The highest BCUT2D eigenvalue weighted by molar-refractivity contribution is 7.43. The van der Waals surface area contributed by atoms with E-state index in [4.69, 9.17) is 53.6 Å². The van der Waals surface area contributed by atoms with Crippen LogP contribution in [-0.4, -0.2) is 0 Å². The molecule has 0 aliphatic carbocycles. The molecule has 1 aromatic heterocycles. The second kappa shape index (κ2) is 23.6. The van der Waals surface area contributed by atoms with Gasteiger partial charge in [0.1, 0.15) is 68.7 Å². The first kappa shape index (κ1) is 56.2. The zero-order valence-corrected chi connectivity index (χ0v) is 52.7. The fourth-order valence-corrected chi connectivity index (χ4v) is 16.4. The molecule has 16 heteroatoms. The fourth-order valence-electron chi connectivity index (χ4n) is 11.4. The molecule has 0 spiro atoms. The molecule has 0 saturated carbocycles. The Morgan fingerprint density at radius 2 is 0.494 bits per heavy atom. The first-order chi connectivity index (χ1) is 42.4. The zero-order chi connectivity index (χ0) is 59.4. The van der Waals surface area contributed by atoms with E-state index in [-0.39, 0.29) is 23.0 Å². The van der Waals surface area contributed by atoms with E-state index in [1.807, 2.05) is 201 Å². The molecule has 0 N–H and O–H groups in total. The molecule has 0 atom stereocenters. The van der Waals surface area contributed by atoms with Crippen molar-refractivity contribution in [2.75, 3.05) is 0 Å². The van der Waals surface area contributed by atoms with Crippen LogP contribution in [0.25, 0.3) is 33.1 Å². The Balaban J connectivity index is 1.01. The van der Waals surface area contributed by atoms with Gasteiger partial charge in [0, 0.05) is 30.0 Å². The van der Waals surface area contributed by atoms with Gasteiger partial charge in [-0.3, -0.25) is 0 Å². The van der Waals surface area contributed by atoms with Crippen molar-refractivity contribution in [3.05, 3.63) is 260 Å². The normalized spacial score (nSPS) is 13.8. The van der Waals surface area contributed by atoms with Crippen LogP contribution in [0.1, 0.15) is 77.9 Å². The van der Waals surface area contributed by atoms with Crippen LogP contribution in [0.15, 0.2) is 190 Å². The van der Waals surface area contributed by atoms with E-state index in [1.165, 1.54) is 0 Å². The quantitative estimate of drug-likeness (QED) is 0.128. The summed E-state index contributed by atoms with van der Waals surface area (Å²) in [5, 5.41) is 1.76. The summed E-state index contributed by atoms with van der Waals surface area (Å²) in [6.07, 6.45) is 1.77. The van der Waals surface area contributed by atoms with Gasteiger partial charge in [0.05, 0.1) is 11.1 Å². The lowest BCUT2D eigenvalue weighted by Gasteiger charge is -2.29. The van der Waals surface area contributed by atoms with Crippen LogP contribution < -0.4 is 45.2 Å². The largest absolute Gasteiger partial charge is 0.530 e. The second-order valence-electron chi connectivity index (χ2n) is 22.1. The number of fused-ring (bicyclic) bond motifs is 9. The molecule has 14 rings (SSSR count). The first-order valence-electron chi connectivity index (χ1n) is 28.7. The monoisotopic (exact) mass is 1230 g/mol. The maximum absolute atomic E-state index is 7.36. The molecule has 4 heterocycles. The van der Waals surface area contributed by atoms with E-state index >= 15 is 0 Å². The molecule has 0 bridgehead atoms. The minimum atomic E-state index is -2.30. The van der Waals surface area contributed by atoms with Gasteiger partial charge in [-0.05, 0) is 158 Å². The van der Waals surface area contributed by atoms with Crippen molar-refractivity contribution >= 4 is 56.0 Å². The second-order valence-corrected chi connectivity index (χ2v) is 26.0. The van der Waals surface area contributed by atoms with Crippen LogP contribution >= 0.6 is 34.0 Å². The molecule has 87 heavy (non-hydrogen) atoms. The van der Waals surface area contributed by atoms with Gasteiger partial charge in [0.15, 0.2) is 0 Å². The number of hydrogen-bond acceptors (Lipinski definition) is 12. The molecule has 3 aliphatic heterocycles. The van der Waals surface area contributed by atoms with Crippen LogP contribution in [0.5, 0.6) is 57.5 Å². The van der Waals surface area contributed by atoms with E-state index in [0.717, 1.165) is 88.7 Å². The summed E-state index contributed by atoms with van der Waals surface area (Å²) in [4.78, 5) is 0. The number of hydrogen-bond donors (Lipinski definition) is 0. The molecule has 0 amide bonds. The highest BCUT2D eigenvalue weighted by atomic mass is 31.2. The van der Waals surface area contributed by atoms with Crippen LogP contribution in [0.2, 0.25) is 0 Å². The smallest absolute Gasteiger partial charge is 0.408 e. The van der Waals surface area contributed by atoms with Crippen LogP contribution in [0.3, 0.4) is 0 Å². The van der Waals surface area contributed by atoms with Gasteiger partial charge >= 0.3 is 34.0 Å². The molecule has 0 fully saturated rings. The Bertz CT molecular complexity index is 4200. The third kappa shape index (κ3) is 11.1.